The zero-order valence-electron chi connectivity index (χ0n) is 11.0. The van der Waals surface area contributed by atoms with E-state index in [1.54, 1.807) is 0 Å². The smallest absolute Gasteiger partial charge is 0.396 e. The van der Waals surface area contributed by atoms with E-state index in [4.69, 9.17) is 5.11 Å². The zero-order valence-corrected chi connectivity index (χ0v) is 11.0. The SMILES string of the molecule is Cc1cccc(Cn2cc(CCO)c(C(F)(F)F)n2)c1. The van der Waals surface area contributed by atoms with Crippen LogP contribution in [0.5, 0.6) is 0 Å². The van der Waals surface area contributed by atoms with Crippen LogP contribution < -0.4 is 0 Å². The molecule has 0 bridgehead atoms. The van der Waals surface area contributed by atoms with E-state index in [0.29, 0.717) is 0 Å². The molecule has 20 heavy (non-hydrogen) atoms. The van der Waals surface area contributed by atoms with E-state index in [0.717, 1.165) is 11.1 Å². The van der Waals surface area contributed by atoms with Crippen molar-refractivity contribution in [2.24, 2.45) is 0 Å². The quantitative estimate of drug-likeness (QED) is 0.937. The fraction of sp³-hybridized carbons (Fsp3) is 0.357. The molecule has 108 valence electrons. The second-order valence-electron chi connectivity index (χ2n) is 4.66. The summed E-state index contributed by atoms with van der Waals surface area (Å²) in [7, 11) is 0. The summed E-state index contributed by atoms with van der Waals surface area (Å²) in [4.78, 5) is 0. The summed E-state index contributed by atoms with van der Waals surface area (Å²) in [6.45, 7) is 1.86. The molecule has 0 aliphatic rings. The second kappa shape index (κ2) is 5.66. The highest BCUT2D eigenvalue weighted by molar-refractivity contribution is 5.24. The second-order valence-corrected chi connectivity index (χ2v) is 4.66. The van der Waals surface area contributed by atoms with Crippen LogP contribution in [0.2, 0.25) is 0 Å². The Balaban J connectivity index is 2.29. The molecule has 0 fully saturated rings. The van der Waals surface area contributed by atoms with E-state index in [9.17, 15) is 13.2 Å². The van der Waals surface area contributed by atoms with Gasteiger partial charge in [-0.1, -0.05) is 29.8 Å². The van der Waals surface area contributed by atoms with Crippen LogP contribution in [-0.2, 0) is 19.1 Å². The van der Waals surface area contributed by atoms with Crippen LogP contribution in [0.4, 0.5) is 13.2 Å². The predicted molar refractivity (Wildman–Crippen MR) is 68.3 cm³/mol. The van der Waals surface area contributed by atoms with Gasteiger partial charge in [0.25, 0.3) is 0 Å². The molecule has 0 saturated heterocycles. The number of rotatable bonds is 4. The molecule has 0 radical (unpaired) electrons. The lowest BCUT2D eigenvalue weighted by atomic mass is 10.1. The normalized spacial score (nSPS) is 11.8. The first-order valence-electron chi connectivity index (χ1n) is 6.20. The molecule has 3 nitrogen and oxygen atoms in total. The van der Waals surface area contributed by atoms with Crippen molar-refractivity contribution in [3.63, 3.8) is 0 Å². The van der Waals surface area contributed by atoms with Crippen molar-refractivity contribution in [2.45, 2.75) is 26.1 Å². The maximum atomic E-state index is 12.8. The van der Waals surface area contributed by atoms with Gasteiger partial charge in [-0.05, 0) is 18.9 Å². The first-order chi connectivity index (χ1) is 9.40. The average Bonchev–Trinajstić information content (AvgIpc) is 2.72. The van der Waals surface area contributed by atoms with Crippen LogP contribution >= 0.6 is 0 Å². The third kappa shape index (κ3) is 3.39. The lowest BCUT2D eigenvalue weighted by Crippen LogP contribution is -2.11. The highest BCUT2D eigenvalue weighted by Gasteiger charge is 2.36. The monoisotopic (exact) mass is 284 g/mol. The molecule has 2 aromatic rings. The van der Waals surface area contributed by atoms with Gasteiger partial charge in [-0.15, -0.1) is 0 Å². The van der Waals surface area contributed by atoms with Crippen LogP contribution in [0, 0.1) is 6.92 Å². The molecule has 1 aromatic heterocycles. The van der Waals surface area contributed by atoms with Gasteiger partial charge in [-0.3, -0.25) is 4.68 Å². The number of aliphatic hydroxyl groups is 1. The molecule has 0 spiro atoms. The number of benzene rings is 1. The summed E-state index contributed by atoms with van der Waals surface area (Å²) in [5, 5.41) is 12.4. The molecule has 1 aromatic carbocycles. The van der Waals surface area contributed by atoms with Gasteiger partial charge in [-0.2, -0.15) is 18.3 Å². The van der Waals surface area contributed by atoms with E-state index in [2.05, 4.69) is 5.10 Å². The van der Waals surface area contributed by atoms with Gasteiger partial charge in [0, 0.05) is 18.4 Å². The van der Waals surface area contributed by atoms with Crippen LogP contribution in [0.1, 0.15) is 22.4 Å². The Hall–Kier alpha value is -1.82. The van der Waals surface area contributed by atoms with Crippen molar-refractivity contribution in [3.05, 3.63) is 52.8 Å². The standard InChI is InChI=1S/C14H15F3N2O/c1-10-3-2-4-11(7-10)8-19-9-12(5-6-20)13(18-19)14(15,16)17/h2-4,7,9,20H,5-6,8H2,1H3. The topological polar surface area (TPSA) is 38.0 Å². The van der Waals surface area contributed by atoms with Crippen LogP contribution in [-0.4, -0.2) is 21.5 Å². The summed E-state index contributed by atoms with van der Waals surface area (Å²) >= 11 is 0. The van der Waals surface area contributed by atoms with Crippen LogP contribution in [0.15, 0.2) is 30.5 Å². The van der Waals surface area contributed by atoms with E-state index in [1.807, 2.05) is 31.2 Å². The number of hydrogen-bond donors (Lipinski definition) is 1. The molecule has 1 N–H and O–H groups in total. The first kappa shape index (κ1) is 14.6. The Morgan fingerprint density at radius 2 is 2.05 bits per heavy atom. The molecule has 6 heteroatoms. The Kier molecular flexibility index (Phi) is 4.13. The molecule has 0 saturated carbocycles. The van der Waals surface area contributed by atoms with Crippen molar-refractivity contribution in [3.8, 4) is 0 Å². The molecular formula is C14H15F3N2O. The summed E-state index contributed by atoms with van der Waals surface area (Å²) in [6, 6.07) is 7.52. The minimum absolute atomic E-state index is 0.0210. The Bertz CT molecular complexity index is 590. The number of aryl methyl sites for hydroxylation is 1. The van der Waals surface area contributed by atoms with Gasteiger partial charge in [0.15, 0.2) is 5.69 Å². The lowest BCUT2D eigenvalue weighted by molar-refractivity contribution is -0.142. The van der Waals surface area contributed by atoms with Crippen molar-refractivity contribution in [1.29, 1.82) is 0 Å². The fourth-order valence-corrected chi connectivity index (χ4v) is 2.08. The zero-order chi connectivity index (χ0) is 14.8. The van der Waals surface area contributed by atoms with Crippen molar-refractivity contribution in [2.75, 3.05) is 6.61 Å². The summed E-state index contributed by atoms with van der Waals surface area (Å²) < 4.78 is 39.8. The molecule has 0 aliphatic heterocycles. The minimum atomic E-state index is -4.50. The van der Waals surface area contributed by atoms with E-state index >= 15 is 0 Å². The number of aliphatic hydroxyl groups excluding tert-OH is 1. The number of alkyl halides is 3. The number of nitrogens with zero attached hydrogens (tertiary/aromatic N) is 2. The number of halogens is 3. The minimum Gasteiger partial charge on any atom is -0.396 e. The molecule has 2 rings (SSSR count). The third-order valence-corrected chi connectivity index (χ3v) is 2.91. The molecule has 1 heterocycles. The summed E-state index contributed by atoms with van der Waals surface area (Å²) in [6.07, 6.45) is -3.20. The molecule has 0 atom stereocenters. The third-order valence-electron chi connectivity index (χ3n) is 2.91. The van der Waals surface area contributed by atoms with Crippen molar-refractivity contribution in [1.82, 2.24) is 9.78 Å². The van der Waals surface area contributed by atoms with Crippen LogP contribution in [0.3, 0.4) is 0 Å². The van der Waals surface area contributed by atoms with Gasteiger partial charge in [-0.25, -0.2) is 0 Å². The van der Waals surface area contributed by atoms with Gasteiger partial charge in [0.2, 0.25) is 0 Å². The Labute approximate surface area is 114 Å². The largest absolute Gasteiger partial charge is 0.435 e. The van der Waals surface area contributed by atoms with Crippen molar-refractivity contribution < 1.29 is 18.3 Å². The average molecular weight is 284 g/mol. The number of aromatic nitrogens is 2. The van der Waals surface area contributed by atoms with Gasteiger partial charge in [0.1, 0.15) is 0 Å². The van der Waals surface area contributed by atoms with E-state index in [-0.39, 0.29) is 25.1 Å². The predicted octanol–water partition coefficient (Wildman–Crippen LogP) is 2.79. The Morgan fingerprint density at radius 3 is 2.65 bits per heavy atom. The highest BCUT2D eigenvalue weighted by atomic mass is 19.4. The lowest BCUT2D eigenvalue weighted by Gasteiger charge is -2.05. The number of hydrogen-bond acceptors (Lipinski definition) is 2. The van der Waals surface area contributed by atoms with E-state index < -0.39 is 11.9 Å². The maximum Gasteiger partial charge on any atom is 0.435 e. The fourth-order valence-electron chi connectivity index (χ4n) is 2.08. The summed E-state index contributed by atoms with van der Waals surface area (Å²) in [5.41, 5.74) is 1.03. The molecule has 0 amide bonds. The Morgan fingerprint density at radius 1 is 1.30 bits per heavy atom. The summed E-state index contributed by atoms with van der Waals surface area (Å²) in [5.74, 6) is 0. The van der Waals surface area contributed by atoms with Crippen LogP contribution in [0.25, 0.3) is 0 Å². The maximum absolute atomic E-state index is 12.8. The van der Waals surface area contributed by atoms with Gasteiger partial charge >= 0.3 is 6.18 Å². The van der Waals surface area contributed by atoms with Gasteiger partial charge in [0.05, 0.1) is 6.54 Å². The molecular weight excluding hydrogens is 269 g/mol. The first-order valence-corrected chi connectivity index (χ1v) is 6.20. The highest BCUT2D eigenvalue weighted by Crippen LogP contribution is 2.31. The molecule has 0 aliphatic carbocycles. The van der Waals surface area contributed by atoms with Crippen molar-refractivity contribution >= 4 is 0 Å². The van der Waals surface area contributed by atoms with Gasteiger partial charge < -0.3 is 5.11 Å². The molecule has 0 unspecified atom stereocenters. The van der Waals surface area contributed by atoms with E-state index in [1.165, 1.54) is 10.9 Å².